The molecular weight excluding hydrogens is 951 g/mol. The number of aromatic amines is 1. The molecular formula is C49H65N11O13. The molecule has 0 radical (unpaired) electrons. The molecule has 8 atom stereocenters. The van der Waals surface area contributed by atoms with Crippen LogP contribution in [0.3, 0.4) is 0 Å². The molecule has 2 fully saturated rings. The molecule has 0 aliphatic carbocycles. The Labute approximate surface area is 420 Å². The summed E-state index contributed by atoms with van der Waals surface area (Å²) < 4.78 is 0. The number of carbonyl (C=O) groups excluding carboxylic acids is 8. The van der Waals surface area contributed by atoms with Crippen LogP contribution >= 0.6 is 0 Å². The molecule has 0 spiro atoms. The van der Waals surface area contributed by atoms with Crippen molar-refractivity contribution in [3.05, 3.63) is 83.9 Å². The molecule has 73 heavy (non-hydrogen) atoms. The highest BCUT2D eigenvalue weighted by molar-refractivity contribution is 5.98. The number of rotatable bonds is 26. The number of hydrogen-bond acceptors (Lipinski definition) is 13. The van der Waals surface area contributed by atoms with Crippen LogP contribution in [0.15, 0.2) is 67.1 Å². The molecule has 394 valence electrons. The second-order valence-corrected chi connectivity index (χ2v) is 18.6. The zero-order chi connectivity index (χ0) is 53.4. The van der Waals surface area contributed by atoms with E-state index >= 15 is 0 Å². The third-order valence-electron chi connectivity index (χ3n) is 12.7. The second-order valence-electron chi connectivity index (χ2n) is 18.6. The van der Waals surface area contributed by atoms with Gasteiger partial charge in [-0.25, -0.2) is 9.78 Å². The number of aromatic nitrogens is 2. The van der Waals surface area contributed by atoms with E-state index in [1.807, 2.05) is 0 Å². The maximum Gasteiger partial charge on any atom is 0.326 e. The van der Waals surface area contributed by atoms with Gasteiger partial charge < -0.3 is 68.2 Å². The van der Waals surface area contributed by atoms with Crippen molar-refractivity contribution in [1.29, 1.82) is 0 Å². The Morgan fingerprint density at radius 1 is 0.671 bits per heavy atom. The number of aromatic hydroxyl groups is 1. The Bertz CT molecular complexity index is 2440. The van der Waals surface area contributed by atoms with Crippen LogP contribution in [-0.2, 0) is 67.2 Å². The summed E-state index contributed by atoms with van der Waals surface area (Å²) in [6, 6.07) is 4.56. The molecule has 0 bridgehead atoms. The third-order valence-corrected chi connectivity index (χ3v) is 12.7. The van der Waals surface area contributed by atoms with E-state index < -0.39 is 126 Å². The van der Waals surface area contributed by atoms with E-state index in [-0.39, 0.29) is 57.4 Å². The van der Waals surface area contributed by atoms with Crippen LogP contribution in [0, 0.1) is 5.92 Å². The molecule has 24 nitrogen and oxygen atoms in total. The fourth-order valence-electron chi connectivity index (χ4n) is 8.80. The Morgan fingerprint density at radius 3 is 1.78 bits per heavy atom. The number of aliphatic carboxylic acids is 2. The molecule has 0 unspecified atom stereocenters. The topological polar surface area (TPSA) is 379 Å². The molecule has 8 amide bonds. The van der Waals surface area contributed by atoms with Crippen molar-refractivity contribution in [2.75, 3.05) is 13.1 Å². The number of nitrogens with zero attached hydrogens (tertiary/aromatic N) is 3. The second kappa shape index (κ2) is 26.5. The number of nitrogens with two attached hydrogens (primary N) is 2. The summed E-state index contributed by atoms with van der Waals surface area (Å²) in [4.78, 5) is 143. The van der Waals surface area contributed by atoms with E-state index in [1.165, 1.54) is 34.5 Å². The first-order chi connectivity index (χ1) is 34.7. The van der Waals surface area contributed by atoms with Gasteiger partial charge in [-0.15, -0.1) is 0 Å². The van der Waals surface area contributed by atoms with Crippen molar-refractivity contribution < 1.29 is 63.3 Å². The highest BCUT2D eigenvalue weighted by Gasteiger charge is 2.42. The van der Waals surface area contributed by atoms with Crippen molar-refractivity contribution in [3.8, 4) is 5.75 Å². The van der Waals surface area contributed by atoms with E-state index in [2.05, 4.69) is 36.6 Å². The van der Waals surface area contributed by atoms with Crippen LogP contribution in [0.1, 0.15) is 82.0 Å². The Kier molecular flexibility index (Phi) is 20.4. The van der Waals surface area contributed by atoms with Gasteiger partial charge >= 0.3 is 11.9 Å². The van der Waals surface area contributed by atoms with Crippen LogP contribution < -0.4 is 38.1 Å². The number of imidazole rings is 1. The number of likely N-dealkylation sites (tertiary alicyclic amines) is 2. The van der Waals surface area contributed by atoms with Gasteiger partial charge in [0, 0.05) is 50.7 Å². The van der Waals surface area contributed by atoms with Gasteiger partial charge in [0.05, 0.1) is 12.4 Å². The van der Waals surface area contributed by atoms with Crippen LogP contribution in [-0.4, -0.2) is 156 Å². The first kappa shape index (κ1) is 56.0. The number of carbonyl (C=O) groups is 10. The fraction of sp³-hybridized carbons (Fsp3) is 0.490. The van der Waals surface area contributed by atoms with Crippen molar-refractivity contribution in [3.63, 3.8) is 0 Å². The van der Waals surface area contributed by atoms with E-state index in [4.69, 9.17) is 16.6 Å². The van der Waals surface area contributed by atoms with Gasteiger partial charge in [0.2, 0.25) is 47.3 Å². The Morgan fingerprint density at radius 2 is 1.22 bits per heavy atom. The Balaban J connectivity index is 1.31. The summed E-state index contributed by atoms with van der Waals surface area (Å²) in [5, 5.41) is 41.5. The highest BCUT2D eigenvalue weighted by atomic mass is 16.4. The Hall–Kier alpha value is -7.89. The molecule has 24 heteroatoms. The molecule has 2 saturated heterocycles. The SMILES string of the molecule is CC(C)[C@H](NC(=O)[C@@H]1CCCN1C(=O)[C@@H](N)Cc1ccc(O)cc1)C(=O)N[C@@H](CCC(N)=O)C(=O)N1CCC[C@H]1C(=O)N[C@@H](Cc1ccccc1)C(=O)N[C@@H](Cc1cnc[nH]1)C(=O)N[C@@H](CCC(=O)O)C(=O)O. The summed E-state index contributed by atoms with van der Waals surface area (Å²) in [5.74, 6) is -9.25. The third kappa shape index (κ3) is 16.3. The van der Waals surface area contributed by atoms with Crippen LogP contribution in [0.5, 0.6) is 5.75 Å². The van der Waals surface area contributed by atoms with Gasteiger partial charge in [-0.3, -0.25) is 43.2 Å². The molecule has 3 heterocycles. The van der Waals surface area contributed by atoms with Gasteiger partial charge in [0.25, 0.3) is 0 Å². The molecule has 2 aliphatic rings. The number of nitrogens with one attached hydrogen (secondary N) is 6. The minimum atomic E-state index is -1.61. The first-order valence-corrected chi connectivity index (χ1v) is 24.1. The number of phenolic OH excluding ortho intramolecular Hbond substituents is 1. The molecule has 5 rings (SSSR count). The van der Waals surface area contributed by atoms with E-state index in [0.717, 1.165) is 0 Å². The van der Waals surface area contributed by atoms with Gasteiger partial charge in [0.15, 0.2) is 0 Å². The van der Waals surface area contributed by atoms with Gasteiger partial charge in [-0.1, -0.05) is 56.3 Å². The molecule has 2 aliphatic heterocycles. The summed E-state index contributed by atoms with van der Waals surface area (Å²) in [6.45, 7) is 3.63. The maximum absolute atomic E-state index is 14.5. The number of H-pyrrole nitrogens is 1. The lowest BCUT2D eigenvalue weighted by molar-refractivity contribution is -0.144. The van der Waals surface area contributed by atoms with E-state index in [1.54, 1.807) is 56.3 Å². The largest absolute Gasteiger partial charge is 0.508 e. The van der Waals surface area contributed by atoms with Gasteiger partial charge in [-0.05, 0) is 74.1 Å². The van der Waals surface area contributed by atoms with Gasteiger partial charge in [0.1, 0.15) is 48.0 Å². The van der Waals surface area contributed by atoms with Gasteiger partial charge in [-0.2, -0.15) is 0 Å². The molecule has 0 saturated carbocycles. The van der Waals surface area contributed by atoms with Crippen molar-refractivity contribution in [2.45, 2.75) is 133 Å². The average Bonchev–Trinajstić information content (AvgIpc) is 4.17. The minimum absolute atomic E-state index is 0.0409. The van der Waals surface area contributed by atoms with Crippen LogP contribution in [0.25, 0.3) is 0 Å². The van der Waals surface area contributed by atoms with Crippen LogP contribution in [0.2, 0.25) is 0 Å². The molecule has 13 N–H and O–H groups in total. The maximum atomic E-state index is 14.5. The lowest BCUT2D eigenvalue weighted by Gasteiger charge is -2.32. The number of carboxylic acids is 2. The normalized spacial score (nSPS) is 17.8. The number of benzene rings is 2. The standard InChI is InChI=1S/C49H65N11O13/c1-27(2)41(58-45(68)38-11-6-20-59(38)47(70)32(50)22-29-12-14-31(61)15-13-29)46(69)54-33(16-18-39(51)62)48(71)60-21-7-10-37(60)44(67)57-35(23-28-8-4-3-5-9-28)42(65)56-36(24-30-25-52-26-53-30)43(66)55-34(49(72)73)17-19-40(63)64/h3-5,8-9,12-15,25-27,32-38,41,61H,6-7,10-11,16-24,50H2,1-2H3,(H2,51,62)(H,52,53)(H,54,69)(H,55,66)(H,56,65)(H,57,67)(H,58,68)(H,63,64)(H,72,73)/t32-,33-,34-,35-,36-,37-,38-,41-/m0/s1. The molecule has 3 aromatic rings. The van der Waals surface area contributed by atoms with E-state index in [0.29, 0.717) is 36.1 Å². The predicted molar refractivity (Wildman–Crippen MR) is 259 cm³/mol. The summed E-state index contributed by atoms with van der Waals surface area (Å²) >= 11 is 0. The summed E-state index contributed by atoms with van der Waals surface area (Å²) in [5.41, 5.74) is 13.4. The highest BCUT2D eigenvalue weighted by Crippen LogP contribution is 2.23. The van der Waals surface area contributed by atoms with Crippen molar-refractivity contribution in [1.82, 2.24) is 46.4 Å². The lowest BCUT2D eigenvalue weighted by atomic mass is 10.0. The van der Waals surface area contributed by atoms with Crippen LogP contribution in [0.4, 0.5) is 0 Å². The smallest absolute Gasteiger partial charge is 0.326 e. The molecule has 1 aromatic heterocycles. The zero-order valence-corrected chi connectivity index (χ0v) is 40.7. The van der Waals surface area contributed by atoms with Crippen molar-refractivity contribution in [2.24, 2.45) is 17.4 Å². The predicted octanol–water partition coefficient (Wildman–Crippen LogP) is -1.25. The summed E-state index contributed by atoms with van der Waals surface area (Å²) in [7, 11) is 0. The summed E-state index contributed by atoms with van der Waals surface area (Å²) in [6.07, 6.45) is 2.16. The number of carboxylic acid groups (broad SMARTS) is 2. The number of primary amides is 1. The minimum Gasteiger partial charge on any atom is -0.508 e. The zero-order valence-electron chi connectivity index (χ0n) is 40.7. The number of hydrogen-bond donors (Lipinski definition) is 11. The number of amides is 8. The quantitative estimate of drug-likeness (QED) is 0.0448. The molecule has 2 aromatic carbocycles. The monoisotopic (exact) mass is 1020 g/mol. The fourth-order valence-corrected chi connectivity index (χ4v) is 8.80. The van der Waals surface area contributed by atoms with Crippen molar-refractivity contribution >= 4 is 59.2 Å². The van der Waals surface area contributed by atoms with E-state index in [9.17, 15) is 58.2 Å². The number of phenols is 1. The average molecular weight is 1020 g/mol. The first-order valence-electron chi connectivity index (χ1n) is 24.1. The lowest BCUT2D eigenvalue weighted by Crippen LogP contribution is -2.60.